The Kier molecular flexibility index (Phi) is 4.46. The van der Waals surface area contributed by atoms with Crippen LogP contribution in [-0.4, -0.2) is 45.9 Å². The van der Waals surface area contributed by atoms with Crippen molar-refractivity contribution in [1.82, 2.24) is 14.9 Å². The molecule has 0 atom stereocenters. The summed E-state index contributed by atoms with van der Waals surface area (Å²) >= 11 is 1.55. The third kappa shape index (κ3) is 3.54. The van der Waals surface area contributed by atoms with Crippen LogP contribution in [0.2, 0.25) is 0 Å². The van der Waals surface area contributed by atoms with Gasteiger partial charge >= 0.3 is 0 Å². The average molecular weight is 356 g/mol. The molecule has 0 unspecified atom stereocenters. The molecule has 0 aromatic carbocycles. The molecular weight excluding hydrogens is 332 g/mol. The number of aryl methyl sites for hydroxylation is 2. The topological polar surface area (TPSA) is 49.3 Å². The van der Waals surface area contributed by atoms with Crippen LogP contribution in [0.15, 0.2) is 23.8 Å². The smallest absolute Gasteiger partial charge is 0.263 e. The number of aromatic nitrogens is 2. The van der Waals surface area contributed by atoms with Gasteiger partial charge in [-0.05, 0) is 56.5 Å². The SMILES string of the molecule is Cc1csc(C(=O)N2CCC(N(c3cc(C)ncn3)C3CC3)CC2)c1. The number of thiophene rings is 1. The van der Waals surface area contributed by atoms with Crippen LogP contribution < -0.4 is 4.90 Å². The molecule has 6 heteroatoms. The van der Waals surface area contributed by atoms with E-state index in [4.69, 9.17) is 0 Å². The Morgan fingerprint density at radius 1 is 1.12 bits per heavy atom. The summed E-state index contributed by atoms with van der Waals surface area (Å²) in [5.74, 6) is 1.24. The predicted molar refractivity (Wildman–Crippen MR) is 100 cm³/mol. The molecule has 2 aromatic rings. The lowest BCUT2D eigenvalue weighted by atomic mass is 10.0. The van der Waals surface area contributed by atoms with Gasteiger partial charge in [-0.1, -0.05) is 0 Å². The van der Waals surface area contributed by atoms with E-state index in [1.165, 1.54) is 18.4 Å². The number of carbonyl (C=O) groups excluding carboxylic acids is 1. The first-order valence-electron chi connectivity index (χ1n) is 9.03. The second kappa shape index (κ2) is 6.75. The summed E-state index contributed by atoms with van der Waals surface area (Å²) in [7, 11) is 0. The van der Waals surface area contributed by atoms with Gasteiger partial charge in [-0.25, -0.2) is 9.97 Å². The zero-order valence-corrected chi connectivity index (χ0v) is 15.6. The second-order valence-corrected chi connectivity index (χ2v) is 8.08. The number of hydrogen-bond donors (Lipinski definition) is 0. The maximum absolute atomic E-state index is 12.7. The molecule has 1 aliphatic heterocycles. The van der Waals surface area contributed by atoms with Crippen molar-refractivity contribution < 1.29 is 4.79 Å². The first kappa shape index (κ1) is 16.5. The maximum atomic E-state index is 12.7. The van der Waals surface area contributed by atoms with E-state index in [-0.39, 0.29) is 5.91 Å². The van der Waals surface area contributed by atoms with Crippen molar-refractivity contribution in [3.8, 4) is 0 Å². The summed E-state index contributed by atoms with van der Waals surface area (Å²) in [5.41, 5.74) is 2.18. The Morgan fingerprint density at radius 3 is 2.44 bits per heavy atom. The van der Waals surface area contributed by atoms with E-state index in [2.05, 4.69) is 20.9 Å². The van der Waals surface area contributed by atoms with Gasteiger partial charge in [0.1, 0.15) is 12.1 Å². The van der Waals surface area contributed by atoms with Crippen LogP contribution >= 0.6 is 11.3 Å². The lowest BCUT2D eigenvalue weighted by Gasteiger charge is -2.39. The monoisotopic (exact) mass is 356 g/mol. The summed E-state index contributed by atoms with van der Waals surface area (Å²) in [4.78, 5) is 26.8. The number of likely N-dealkylation sites (tertiary alicyclic amines) is 1. The number of piperidine rings is 1. The lowest BCUT2D eigenvalue weighted by Crippen LogP contribution is -2.48. The van der Waals surface area contributed by atoms with Gasteiger partial charge in [0.05, 0.1) is 4.88 Å². The van der Waals surface area contributed by atoms with Crippen molar-refractivity contribution in [2.45, 2.75) is 51.6 Å². The van der Waals surface area contributed by atoms with Crippen LogP contribution in [0, 0.1) is 13.8 Å². The van der Waals surface area contributed by atoms with Gasteiger partial charge in [-0.2, -0.15) is 0 Å². The number of carbonyl (C=O) groups is 1. The molecule has 25 heavy (non-hydrogen) atoms. The van der Waals surface area contributed by atoms with Crippen LogP contribution in [-0.2, 0) is 0 Å². The molecule has 2 aliphatic rings. The molecule has 0 spiro atoms. The van der Waals surface area contributed by atoms with Crippen LogP contribution in [0.1, 0.15) is 46.6 Å². The van der Waals surface area contributed by atoms with E-state index >= 15 is 0 Å². The third-order valence-electron chi connectivity index (χ3n) is 5.08. The Bertz CT molecular complexity index is 762. The molecule has 1 amide bonds. The van der Waals surface area contributed by atoms with E-state index in [1.807, 2.05) is 30.2 Å². The van der Waals surface area contributed by atoms with E-state index in [0.29, 0.717) is 12.1 Å². The van der Waals surface area contributed by atoms with Crippen LogP contribution in [0.4, 0.5) is 5.82 Å². The van der Waals surface area contributed by atoms with Crippen molar-refractivity contribution >= 4 is 23.1 Å². The van der Waals surface area contributed by atoms with Crippen LogP contribution in [0.25, 0.3) is 0 Å². The molecular formula is C19H24N4OS. The van der Waals surface area contributed by atoms with Gasteiger partial charge in [0.25, 0.3) is 5.91 Å². The van der Waals surface area contributed by atoms with Crippen LogP contribution in [0.5, 0.6) is 0 Å². The molecule has 3 heterocycles. The molecule has 1 saturated carbocycles. The number of rotatable bonds is 4. The second-order valence-electron chi connectivity index (χ2n) is 7.17. The fourth-order valence-electron chi connectivity index (χ4n) is 3.65. The zero-order chi connectivity index (χ0) is 17.4. The van der Waals surface area contributed by atoms with Gasteiger partial charge in [0.15, 0.2) is 0 Å². The summed E-state index contributed by atoms with van der Waals surface area (Å²) in [6.45, 7) is 5.71. The Labute approximate surface area is 152 Å². The molecule has 2 aromatic heterocycles. The summed E-state index contributed by atoms with van der Waals surface area (Å²) in [5, 5.41) is 2.05. The van der Waals surface area contributed by atoms with Crippen molar-refractivity contribution in [1.29, 1.82) is 0 Å². The number of amides is 1. The number of nitrogens with zero attached hydrogens (tertiary/aromatic N) is 4. The average Bonchev–Trinajstić information content (AvgIpc) is 3.35. The largest absolute Gasteiger partial charge is 0.350 e. The highest BCUT2D eigenvalue weighted by molar-refractivity contribution is 7.12. The predicted octanol–water partition coefficient (Wildman–Crippen LogP) is 3.43. The zero-order valence-electron chi connectivity index (χ0n) is 14.8. The van der Waals surface area contributed by atoms with E-state index in [9.17, 15) is 4.79 Å². The molecule has 5 nitrogen and oxygen atoms in total. The van der Waals surface area contributed by atoms with Crippen molar-refractivity contribution in [3.05, 3.63) is 40.0 Å². The molecule has 0 radical (unpaired) electrons. The third-order valence-corrected chi connectivity index (χ3v) is 6.12. The van der Waals surface area contributed by atoms with Crippen molar-refractivity contribution in [2.75, 3.05) is 18.0 Å². The highest BCUT2D eigenvalue weighted by Gasteiger charge is 2.37. The van der Waals surface area contributed by atoms with E-state index in [1.54, 1.807) is 17.7 Å². The summed E-state index contributed by atoms with van der Waals surface area (Å²) < 4.78 is 0. The van der Waals surface area contributed by atoms with Crippen LogP contribution in [0.3, 0.4) is 0 Å². The standard InChI is InChI=1S/C19H24N4OS/c1-13-9-17(25-11-13)19(24)22-7-5-16(6-8-22)23(15-3-4-15)18-10-14(2)20-12-21-18/h9-12,15-16H,3-8H2,1-2H3. The summed E-state index contributed by atoms with van der Waals surface area (Å²) in [6, 6.07) is 5.17. The Hall–Kier alpha value is -1.95. The first-order valence-corrected chi connectivity index (χ1v) is 9.91. The highest BCUT2D eigenvalue weighted by Crippen LogP contribution is 2.35. The molecule has 4 rings (SSSR count). The van der Waals surface area contributed by atoms with Gasteiger partial charge in [-0.3, -0.25) is 4.79 Å². The lowest BCUT2D eigenvalue weighted by molar-refractivity contribution is 0.0716. The normalized spacial score (nSPS) is 18.4. The van der Waals surface area contributed by atoms with Crippen molar-refractivity contribution in [2.24, 2.45) is 0 Å². The fourth-order valence-corrected chi connectivity index (χ4v) is 4.52. The Balaban J connectivity index is 1.44. The van der Waals surface area contributed by atoms with Crippen molar-refractivity contribution in [3.63, 3.8) is 0 Å². The quantitative estimate of drug-likeness (QED) is 0.842. The fraction of sp³-hybridized carbons (Fsp3) is 0.526. The summed E-state index contributed by atoms with van der Waals surface area (Å²) in [6.07, 6.45) is 6.18. The number of anilines is 1. The molecule has 2 fully saturated rings. The van der Waals surface area contributed by atoms with Gasteiger partial charge in [0.2, 0.25) is 0 Å². The number of hydrogen-bond acceptors (Lipinski definition) is 5. The molecule has 0 N–H and O–H groups in total. The van der Waals surface area contributed by atoms with E-state index < -0.39 is 0 Å². The van der Waals surface area contributed by atoms with Gasteiger partial charge < -0.3 is 9.80 Å². The minimum atomic E-state index is 0.187. The first-order chi connectivity index (χ1) is 12.1. The van der Waals surface area contributed by atoms with Gasteiger partial charge in [-0.15, -0.1) is 11.3 Å². The molecule has 132 valence electrons. The Morgan fingerprint density at radius 2 is 1.84 bits per heavy atom. The molecule has 0 bridgehead atoms. The van der Waals surface area contributed by atoms with Gasteiger partial charge in [0, 0.05) is 36.9 Å². The molecule has 1 saturated heterocycles. The minimum absolute atomic E-state index is 0.187. The minimum Gasteiger partial charge on any atom is -0.350 e. The van der Waals surface area contributed by atoms with E-state index in [0.717, 1.165) is 42.3 Å². The maximum Gasteiger partial charge on any atom is 0.263 e. The molecule has 1 aliphatic carbocycles. The highest BCUT2D eigenvalue weighted by atomic mass is 32.1.